The fraction of sp³-hybridized carbons (Fsp3) is 0.633. The third-order valence-corrected chi connectivity index (χ3v) is 10.7. The number of hydrogen-bond donors (Lipinski definition) is 0. The predicted molar refractivity (Wildman–Crippen MR) is 133 cm³/mol. The van der Waals surface area contributed by atoms with Crippen LogP contribution in [0.15, 0.2) is 48.1 Å². The molecule has 0 bridgehead atoms. The number of anilines is 1. The van der Waals surface area contributed by atoms with Gasteiger partial charge < -0.3 is 9.64 Å². The summed E-state index contributed by atoms with van der Waals surface area (Å²) in [6.45, 7) is 7.88. The van der Waals surface area contributed by atoms with Gasteiger partial charge in [-0.15, -0.1) is 0 Å². The molecule has 33 heavy (non-hydrogen) atoms. The molecule has 1 spiro atoms. The van der Waals surface area contributed by atoms with Crippen LogP contribution in [0.25, 0.3) is 0 Å². The highest BCUT2D eigenvalue weighted by atomic mass is 16.5. The Morgan fingerprint density at radius 3 is 2.52 bits per heavy atom. The van der Waals surface area contributed by atoms with Crippen LogP contribution in [-0.2, 0) is 9.53 Å². The molecule has 1 saturated heterocycles. The average molecular weight is 446 g/mol. The molecule has 1 aromatic rings. The van der Waals surface area contributed by atoms with E-state index in [0.29, 0.717) is 11.7 Å². The van der Waals surface area contributed by atoms with Crippen LogP contribution in [-0.4, -0.2) is 32.1 Å². The van der Waals surface area contributed by atoms with Crippen LogP contribution < -0.4 is 4.90 Å². The minimum atomic E-state index is -0.0575. The number of allylic oxidation sites excluding steroid dienone is 1. The molecule has 6 rings (SSSR count). The topological polar surface area (TPSA) is 29.5 Å². The van der Waals surface area contributed by atoms with Gasteiger partial charge in [0.05, 0.1) is 12.2 Å². The molecule has 1 heterocycles. The van der Waals surface area contributed by atoms with E-state index >= 15 is 0 Å². The Kier molecular flexibility index (Phi) is 4.96. The summed E-state index contributed by atoms with van der Waals surface area (Å²) in [5, 5.41) is 0. The molecular weight excluding hydrogens is 406 g/mol. The Morgan fingerprint density at radius 2 is 1.82 bits per heavy atom. The lowest BCUT2D eigenvalue weighted by Crippen LogP contribution is -2.53. The number of benzene rings is 1. The van der Waals surface area contributed by atoms with Gasteiger partial charge in [-0.25, -0.2) is 0 Å². The van der Waals surface area contributed by atoms with Gasteiger partial charge in [0.25, 0.3) is 0 Å². The van der Waals surface area contributed by atoms with Gasteiger partial charge in [-0.3, -0.25) is 4.79 Å². The minimum absolute atomic E-state index is 0.0230. The highest BCUT2D eigenvalue weighted by Crippen LogP contribution is 2.68. The quantitative estimate of drug-likeness (QED) is 0.500. The molecule has 7 atom stereocenters. The molecule has 0 amide bonds. The summed E-state index contributed by atoms with van der Waals surface area (Å²) in [5.41, 5.74) is 5.40. The predicted octanol–water partition coefficient (Wildman–Crippen LogP) is 6.30. The third kappa shape index (κ3) is 3.00. The smallest absolute Gasteiger partial charge is 0.163 e. The number of ketones is 1. The number of fused-ring (bicyclic) bond motifs is 6. The third-order valence-electron chi connectivity index (χ3n) is 10.7. The standard InChI is InChI=1S/C30H39NO2/c1-19-13-16-33-30(19)15-12-27-24-10-7-21-17-28(32)26(20-5-8-22(9-6-20)31(3)4)18-25(21)23(24)11-14-29(27,30)2/h5-6,8-9,17,23-27H,1,7,10-16,18H2,2-4H3/t23-,24+,25-,26?,27-,29-,30-/m0/s1. The Hall–Kier alpha value is -1.87. The normalized spacial score (nSPS) is 42.0. The van der Waals surface area contributed by atoms with Crippen molar-refractivity contribution in [1.29, 1.82) is 0 Å². The van der Waals surface area contributed by atoms with E-state index in [0.717, 1.165) is 43.6 Å². The molecule has 0 N–H and O–H groups in total. The molecule has 5 aliphatic rings. The number of hydrogen-bond acceptors (Lipinski definition) is 3. The molecule has 4 fully saturated rings. The Labute approximate surface area is 199 Å². The zero-order chi connectivity index (χ0) is 23.0. The van der Waals surface area contributed by atoms with Crippen LogP contribution in [0.5, 0.6) is 0 Å². The molecule has 3 nitrogen and oxygen atoms in total. The molecule has 176 valence electrons. The van der Waals surface area contributed by atoms with Crippen molar-refractivity contribution in [2.45, 2.75) is 69.8 Å². The highest BCUT2D eigenvalue weighted by Gasteiger charge is 2.65. The zero-order valence-corrected chi connectivity index (χ0v) is 20.6. The maximum atomic E-state index is 13.2. The minimum Gasteiger partial charge on any atom is -0.378 e. The highest BCUT2D eigenvalue weighted by molar-refractivity contribution is 5.97. The van der Waals surface area contributed by atoms with Crippen molar-refractivity contribution in [3.63, 3.8) is 0 Å². The maximum absolute atomic E-state index is 13.2. The van der Waals surface area contributed by atoms with Crippen LogP contribution in [0.2, 0.25) is 0 Å². The van der Waals surface area contributed by atoms with E-state index in [2.05, 4.69) is 62.8 Å². The van der Waals surface area contributed by atoms with Crippen LogP contribution in [0.3, 0.4) is 0 Å². The van der Waals surface area contributed by atoms with Crippen LogP contribution in [0.1, 0.15) is 69.8 Å². The van der Waals surface area contributed by atoms with E-state index < -0.39 is 0 Å². The first kappa shape index (κ1) is 21.6. The van der Waals surface area contributed by atoms with Gasteiger partial charge in [-0.05, 0) is 104 Å². The van der Waals surface area contributed by atoms with Gasteiger partial charge in [0, 0.05) is 31.1 Å². The fourth-order valence-electron chi connectivity index (χ4n) is 8.96. The second-order valence-electron chi connectivity index (χ2n) is 12.0. The van der Waals surface area contributed by atoms with Crippen molar-refractivity contribution >= 4 is 11.5 Å². The largest absolute Gasteiger partial charge is 0.378 e. The first-order valence-electron chi connectivity index (χ1n) is 13.2. The summed E-state index contributed by atoms with van der Waals surface area (Å²) in [6.07, 6.45) is 11.5. The van der Waals surface area contributed by atoms with E-state index in [-0.39, 0.29) is 16.9 Å². The van der Waals surface area contributed by atoms with Crippen molar-refractivity contribution < 1.29 is 9.53 Å². The van der Waals surface area contributed by atoms with Crippen molar-refractivity contribution in [2.24, 2.45) is 29.1 Å². The molecule has 4 aliphatic carbocycles. The Balaban J connectivity index is 1.27. The van der Waals surface area contributed by atoms with Crippen molar-refractivity contribution in [3.8, 4) is 0 Å². The molecule has 1 unspecified atom stereocenters. The molecule has 1 aliphatic heterocycles. The number of rotatable bonds is 2. The van der Waals surface area contributed by atoms with Crippen LogP contribution in [0.4, 0.5) is 5.69 Å². The lowest BCUT2D eigenvalue weighted by atomic mass is 9.49. The summed E-state index contributed by atoms with van der Waals surface area (Å²) >= 11 is 0. The number of nitrogens with zero attached hydrogens (tertiary/aromatic N) is 1. The summed E-state index contributed by atoms with van der Waals surface area (Å²) in [7, 11) is 4.13. The molecule has 3 heteroatoms. The van der Waals surface area contributed by atoms with Gasteiger partial charge in [0.15, 0.2) is 5.78 Å². The van der Waals surface area contributed by atoms with Crippen molar-refractivity contribution in [2.75, 3.05) is 25.6 Å². The Morgan fingerprint density at radius 1 is 1.03 bits per heavy atom. The summed E-state index contributed by atoms with van der Waals surface area (Å²) < 4.78 is 6.53. The van der Waals surface area contributed by atoms with Crippen molar-refractivity contribution in [1.82, 2.24) is 0 Å². The Bertz CT molecular complexity index is 1010. The van der Waals surface area contributed by atoms with Gasteiger partial charge in [0.2, 0.25) is 0 Å². The van der Waals surface area contributed by atoms with Crippen LogP contribution >= 0.6 is 0 Å². The zero-order valence-electron chi connectivity index (χ0n) is 20.6. The SMILES string of the molecule is C=C1CCO[C@@]12CC[C@H]1[C@@H]3CCC4=CC(=O)C(c5ccc(N(C)C)cc5)C[C@@H]4[C@H]3CC[C@@]12C. The molecular formula is C30H39NO2. The van der Waals surface area contributed by atoms with E-state index in [1.54, 1.807) is 0 Å². The first-order valence-corrected chi connectivity index (χ1v) is 13.2. The summed E-state index contributed by atoms with van der Waals surface area (Å²) in [5.74, 6) is 3.16. The lowest BCUT2D eigenvalue weighted by Gasteiger charge is -2.56. The average Bonchev–Trinajstić information content (AvgIpc) is 3.33. The number of ether oxygens (including phenoxy) is 1. The van der Waals surface area contributed by atoms with E-state index in [1.807, 2.05) is 0 Å². The maximum Gasteiger partial charge on any atom is 0.163 e. The van der Waals surface area contributed by atoms with E-state index in [9.17, 15) is 4.79 Å². The number of carbonyl (C=O) groups excluding carboxylic acids is 1. The van der Waals surface area contributed by atoms with Crippen LogP contribution in [0, 0.1) is 29.1 Å². The van der Waals surface area contributed by atoms with Gasteiger partial charge in [-0.1, -0.05) is 31.2 Å². The lowest BCUT2D eigenvalue weighted by molar-refractivity contribution is -0.120. The summed E-state index contributed by atoms with van der Waals surface area (Å²) in [4.78, 5) is 15.3. The van der Waals surface area contributed by atoms with Gasteiger partial charge in [0.1, 0.15) is 0 Å². The van der Waals surface area contributed by atoms with Crippen molar-refractivity contribution in [3.05, 3.63) is 53.6 Å². The fourth-order valence-corrected chi connectivity index (χ4v) is 8.96. The number of carbonyl (C=O) groups is 1. The second-order valence-corrected chi connectivity index (χ2v) is 12.0. The van der Waals surface area contributed by atoms with E-state index in [1.165, 1.54) is 54.5 Å². The first-order chi connectivity index (χ1) is 15.8. The molecule has 1 aromatic carbocycles. The molecule has 0 aromatic heterocycles. The summed E-state index contributed by atoms with van der Waals surface area (Å²) in [6, 6.07) is 8.67. The monoisotopic (exact) mass is 445 g/mol. The molecule has 3 saturated carbocycles. The van der Waals surface area contributed by atoms with E-state index in [4.69, 9.17) is 4.74 Å². The second kappa shape index (κ2) is 7.57. The van der Waals surface area contributed by atoms with Gasteiger partial charge in [-0.2, -0.15) is 0 Å². The van der Waals surface area contributed by atoms with Gasteiger partial charge >= 0.3 is 0 Å². The molecule has 0 radical (unpaired) electrons.